The van der Waals surface area contributed by atoms with E-state index in [9.17, 15) is 5.11 Å². The first-order valence-electron chi connectivity index (χ1n) is 6.04. The molecule has 100 valence electrons. The van der Waals surface area contributed by atoms with Crippen molar-refractivity contribution < 1.29 is 14.6 Å². The molecular weight excluding hydrogens is 254 g/mol. The molecule has 0 bridgehead atoms. The number of phenolic OH excluding ortho intramolecular Hbond substituents is 1. The molecule has 0 spiro atoms. The second-order valence-corrected chi connectivity index (χ2v) is 4.91. The van der Waals surface area contributed by atoms with Crippen molar-refractivity contribution in [2.24, 2.45) is 5.92 Å². The summed E-state index contributed by atoms with van der Waals surface area (Å²) in [5, 5.41) is 13.8. The fourth-order valence-electron chi connectivity index (χ4n) is 2.07. The molecular formula is C13H18ClNO3. The Hall–Kier alpha value is -0.970. The van der Waals surface area contributed by atoms with Crippen LogP contribution in [0.2, 0.25) is 5.02 Å². The Morgan fingerprint density at radius 3 is 3.06 bits per heavy atom. The smallest absolute Gasteiger partial charge is 0.162 e. The van der Waals surface area contributed by atoms with Gasteiger partial charge in [-0.2, -0.15) is 0 Å². The SMILES string of the molecule is COc1cc(Cl)cc(CNCC2CCOC2)c1O. The zero-order chi connectivity index (χ0) is 13.0. The highest BCUT2D eigenvalue weighted by molar-refractivity contribution is 6.30. The van der Waals surface area contributed by atoms with Gasteiger partial charge in [-0.05, 0) is 18.4 Å². The van der Waals surface area contributed by atoms with Crippen molar-refractivity contribution in [1.82, 2.24) is 5.32 Å². The van der Waals surface area contributed by atoms with Crippen LogP contribution in [0.15, 0.2) is 12.1 Å². The third-order valence-corrected chi connectivity index (χ3v) is 3.33. The van der Waals surface area contributed by atoms with Crippen molar-refractivity contribution in [2.45, 2.75) is 13.0 Å². The summed E-state index contributed by atoms with van der Waals surface area (Å²) in [6, 6.07) is 3.35. The average molecular weight is 272 g/mol. The predicted molar refractivity (Wildman–Crippen MR) is 70.3 cm³/mol. The van der Waals surface area contributed by atoms with Gasteiger partial charge in [-0.15, -0.1) is 0 Å². The van der Waals surface area contributed by atoms with Crippen LogP contribution in [0, 0.1) is 5.92 Å². The second kappa shape index (κ2) is 6.27. The highest BCUT2D eigenvalue weighted by Crippen LogP contribution is 2.33. The zero-order valence-corrected chi connectivity index (χ0v) is 11.2. The maximum atomic E-state index is 9.96. The van der Waals surface area contributed by atoms with E-state index in [1.165, 1.54) is 7.11 Å². The van der Waals surface area contributed by atoms with Crippen LogP contribution in [0.25, 0.3) is 0 Å². The quantitative estimate of drug-likeness (QED) is 0.862. The van der Waals surface area contributed by atoms with Crippen molar-refractivity contribution in [3.8, 4) is 11.5 Å². The van der Waals surface area contributed by atoms with Crippen LogP contribution < -0.4 is 10.1 Å². The lowest BCUT2D eigenvalue weighted by atomic mass is 10.1. The zero-order valence-electron chi connectivity index (χ0n) is 10.4. The van der Waals surface area contributed by atoms with E-state index in [1.807, 2.05) is 0 Å². The monoisotopic (exact) mass is 271 g/mol. The molecule has 1 unspecified atom stereocenters. The molecule has 5 heteroatoms. The van der Waals surface area contributed by atoms with Crippen molar-refractivity contribution in [1.29, 1.82) is 0 Å². The number of nitrogens with one attached hydrogen (secondary N) is 1. The molecule has 4 nitrogen and oxygen atoms in total. The summed E-state index contributed by atoms with van der Waals surface area (Å²) in [6.07, 6.45) is 1.10. The topological polar surface area (TPSA) is 50.7 Å². The number of halogens is 1. The van der Waals surface area contributed by atoms with E-state index in [0.29, 0.717) is 23.2 Å². The standard InChI is InChI=1S/C13H18ClNO3/c1-17-12-5-11(14)4-10(13(12)16)7-15-6-9-2-3-18-8-9/h4-5,9,15-16H,2-3,6-8H2,1H3. The molecule has 0 aromatic heterocycles. The van der Waals surface area contributed by atoms with Crippen molar-refractivity contribution in [3.05, 3.63) is 22.7 Å². The molecule has 1 aromatic rings. The molecule has 1 aliphatic rings. The van der Waals surface area contributed by atoms with Gasteiger partial charge in [0.15, 0.2) is 11.5 Å². The van der Waals surface area contributed by atoms with Crippen LogP contribution in [0.4, 0.5) is 0 Å². The highest BCUT2D eigenvalue weighted by Gasteiger charge is 2.15. The minimum absolute atomic E-state index is 0.150. The minimum atomic E-state index is 0.150. The van der Waals surface area contributed by atoms with Gasteiger partial charge in [0.25, 0.3) is 0 Å². The summed E-state index contributed by atoms with van der Waals surface area (Å²) in [6.45, 7) is 3.12. The number of methoxy groups -OCH3 is 1. The van der Waals surface area contributed by atoms with Crippen LogP contribution in [0.5, 0.6) is 11.5 Å². The molecule has 1 fully saturated rings. The Morgan fingerprint density at radius 2 is 2.39 bits per heavy atom. The van der Waals surface area contributed by atoms with Crippen molar-refractivity contribution >= 4 is 11.6 Å². The largest absolute Gasteiger partial charge is 0.504 e. The van der Waals surface area contributed by atoms with Gasteiger partial charge in [0, 0.05) is 36.3 Å². The van der Waals surface area contributed by atoms with Gasteiger partial charge in [-0.25, -0.2) is 0 Å². The van der Waals surface area contributed by atoms with Crippen molar-refractivity contribution in [3.63, 3.8) is 0 Å². The fourth-order valence-corrected chi connectivity index (χ4v) is 2.30. The lowest BCUT2D eigenvalue weighted by Gasteiger charge is -2.12. The Morgan fingerprint density at radius 1 is 1.56 bits per heavy atom. The van der Waals surface area contributed by atoms with Crippen LogP contribution in [-0.2, 0) is 11.3 Å². The second-order valence-electron chi connectivity index (χ2n) is 4.48. The summed E-state index contributed by atoms with van der Waals surface area (Å²) >= 11 is 5.97. The Labute approximate surface area is 112 Å². The van der Waals surface area contributed by atoms with Gasteiger partial charge in [-0.3, -0.25) is 0 Å². The summed E-state index contributed by atoms with van der Waals surface area (Å²) in [5.74, 6) is 1.12. The number of ether oxygens (including phenoxy) is 2. The van der Waals surface area contributed by atoms with E-state index < -0.39 is 0 Å². The summed E-state index contributed by atoms with van der Waals surface area (Å²) in [4.78, 5) is 0. The summed E-state index contributed by atoms with van der Waals surface area (Å²) < 4.78 is 10.4. The molecule has 2 N–H and O–H groups in total. The molecule has 0 aliphatic carbocycles. The molecule has 1 heterocycles. The molecule has 1 atom stereocenters. The minimum Gasteiger partial charge on any atom is -0.504 e. The first-order chi connectivity index (χ1) is 8.70. The summed E-state index contributed by atoms with van der Waals surface area (Å²) in [7, 11) is 1.51. The van der Waals surface area contributed by atoms with E-state index in [1.54, 1.807) is 12.1 Å². The third-order valence-electron chi connectivity index (χ3n) is 3.11. The molecule has 0 saturated carbocycles. The van der Waals surface area contributed by atoms with Crippen molar-refractivity contribution in [2.75, 3.05) is 26.9 Å². The number of rotatable bonds is 5. The number of phenols is 1. The first-order valence-corrected chi connectivity index (χ1v) is 6.42. The lowest BCUT2D eigenvalue weighted by Crippen LogP contribution is -2.22. The van der Waals surface area contributed by atoms with Crippen LogP contribution in [0.3, 0.4) is 0 Å². The molecule has 0 amide bonds. The maximum Gasteiger partial charge on any atom is 0.162 e. The number of hydrogen-bond donors (Lipinski definition) is 2. The molecule has 18 heavy (non-hydrogen) atoms. The van der Waals surface area contributed by atoms with E-state index in [2.05, 4.69) is 5.32 Å². The normalized spacial score (nSPS) is 19.1. The van der Waals surface area contributed by atoms with Crippen LogP contribution >= 0.6 is 11.6 Å². The van der Waals surface area contributed by atoms with Crippen LogP contribution in [-0.4, -0.2) is 32.0 Å². The summed E-state index contributed by atoms with van der Waals surface area (Å²) in [5.41, 5.74) is 0.748. The molecule has 2 rings (SSSR count). The van der Waals surface area contributed by atoms with Gasteiger partial charge in [0.1, 0.15) is 0 Å². The van der Waals surface area contributed by atoms with E-state index in [-0.39, 0.29) is 5.75 Å². The van der Waals surface area contributed by atoms with Gasteiger partial charge in [0.05, 0.1) is 13.7 Å². The van der Waals surface area contributed by atoms with Gasteiger partial charge < -0.3 is 19.9 Å². The maximum absolute atomic E-state index is 9.96. The number of benzene rings is 1. The molecule has 1 saturated heterocycles. The average Bonchev–Trinajstić information content (AvgIpc) is 2.86. The Bertz CT molecular complexity index is 405. The molecule has 1 aliphatic heterocycles. The third kappa shape index (κ3) is 3.28. The van der Waals surface area contributed by atoms with E-state index >= 15 is 0 Å². The van der Waals surface area contributed by atoms with Gasteiger partial charge in [-0.1, -0.05) is 11.6 Å². The lowest BCUT2D eigenvalue weighted by molar-refractivity contribution is 0.185. The molecule has 0 radical (unpaired) electrons. The van der Waals surface area contributed by atoms with E-state index in [0.717, 1.165) is 31.7 Å². The van der Waals surface area contributed by atoms with E-state index in [4.69, 9.17) is 21.1 Å². The van der Waals surface area contributed by atoms with Gasteiger partial charge in [0.2, 0.25) is 0 Å². The number of aromatic hydroxyl groups is 1. The Kier molecular flexibility index (Phi) is 4.69. The van der Waals surface area contributed by atoms with Gasteiger partial charge >= 0.3 is 0 Å². The first kappa shape index (κ1) is 13.5. The molecule has 1 aromatic carbocycles. The predicted octanol–water partition coefficient (Wildman–Crippen LogP) is 2.18. The van der Waals surface area contributed by atoms with Crippen LogP contribution in [0.1, 0.15) is 12.0 Å². The Balaban J connectivity index is 1.93. The number of hydrogen-bond acceptors (Lipinski definition) is 4. The fraction of sp³-hybridized carbons (Fsp3) is 0.538. The highest BCUT2D eigenvalue weighted by atomic mass is 35.5.